The Kier molecular flexibility index (Phi) is 7.47. The van der Waals surface area contributed by atoms with Crippen LogP contribution in [-0.2, 0) is 14.3 Å². The smallest absolute Gasteiger partial charge is 0.244 e. The fourth-order valence-electron chi connectivity index (χ4n) is 4.25. The summed E-state index contributed by atoms with van der Waals surface area (Å²) < 4.78 is 18.7. The van der Waals surface area contributed by atoms with Gasteiger partial charge < -0.3 is 15.0 Å². The van der Waals surface area contributed by atoms with E-state index in [1.807, 2.05) is 35.2 Å². The van der Waals surface area contributed by atoms with Crippen molar-refractivity contribution in [2.45, 2.75) is 6.04 Å². The van der Waals surface area contributed by atoms with Crippen LogP contribution < -0.4 is 5.32 Å². The number of carbonyl (C=O) groups is 2. The van der Waals surface area contributed by atoms with Crippen LogP contribution in [0.5, 0.6) is 0 Å². The second kappa shape index (κ2) is 10.7. The Hall–Kier alpha value is -2.81. The molecule has 7 nitrogen and oxygen atoms in total. The number of piperazine rings is 1. The van der Waals surface area contributed by atoms with Gasteiger partial charge in [-0.3, -0.25) is 19.4 Å². The summed E-state index contributed by atoms with van der Waals surface area (Å²) in [5, 5.41) is 2.74. The number of nitrogens with one attached hydrogen (secondary N) is 1. The summed E-state index contributed by atoms with van der Waals surface area (Å²) >= 11 is 0. The zero-order valence-corrected chi connectivity index (χ0v) is 18.1. The first-order valence-electron chi connectivity index (χ1n) is 11.0. The topological polar surface area (TPSA) is 65.1 Å². The molecule has 2 amide bonds. The quantitative estimate of drug-likeness (QED) is 0.744. The lowest BCUT2D eigenvalue weighted by Gasteiger charge is -2.40. The highest BCUT2D eigenvalue weighted by atomic mass is 19.1. The van der Waals surface area contributed by atoms with Crippen LogP contribution in [0.1, 0.15) is 11.6 Å². The Morgan fingerprint density at radius 1 is 0.938 bits per heavy atom. The van der Waals surface area contributed by atoms with Crippen LogP contribution in [0.25, 0.3) is 0 Å². The van der Waals surface area contributed by atoms with E-state index in [4.69, 9.17) is 4.74 Å². The summed E-state index contributed by atoms with van der Waals surface area (Å²) in [5.74, 6) is -0.446. The monoisotopic (exact) mass is 440 g/mol. The van der Waals surface area contributed by atoms with Gasteiger partial charge in [-0.25, -0.2) is 4.39 Å². The molecule has 2 saturated heterocycles. The zero-order chi connectivity index (χ0) is 22.3. The van der Waals surface area contributed by atoms with Gasteiger partial charge in [0.05, 0.1) is 19.8 Å². The summed E-state index contributed by atoms with van der Waals surface area (Å²) in [4.78, 5) is 31.9. The number of hydrogen-bond donors (Lipinski definition) is 1. The maximum atomic E-state index is 13.4. The molecular formula is C24H29FN4O3. The molecule has 0 bridgehead atoms. The van der Waals surface area contributed by atoms with Gasteiger partial charge in [-0.05, 0) is 23.8 Å². The molecule has 32 heavy (non-hydrogen) atoms. The minimum Gasteiger partial charge on any atom is -0.378 e. The molecule has 170 valence electrons. The Balaban J connectivity index is 1.36. The molecule has 2 aromatic rings. The molecule has 2 aromatic carbocycles. The third-order valence-corrected chi connectivity index (χ3v) is 5.92. The molecule has 1 N–H and O–H groups in total. The Morgan fingerprint density at radius 2 is 1.66 bits per heavy atom. The highest BCUT2D eigenvalue weighted by Crippen LogP contribution is 2.25. The first-order chi connectivity index (χ1) is 15.6. The number of halogens is 1. The molecule has 4 rings (SSSR count). The lowest BCUT2D eigenvalue weighted by molar-refractivity contribution is -0.142. The number of carbonyl (C=O) groups excluding carboxylic acids is 2. The molecule has 0 spiro atoms. The van der Waals surface area contributed by atoms with Crippen molar-refractivity contribution in [2.24, 2.45) is 0 Å². The molecule has 0 aromatic heterocycles. The number of rotatable bonds is 6. The Bertz CT molecular complexity index is 912. The minimum absolute atomic E-state index is 0.108. The van der Waals surface area contributed by atoms with E-state index in [2.05, 4.69) is 15.1 Å². The molecular weight excluding hydrogens is 411 g/mol. The summed E-state index contributed by atoms with van der Waals surface area (Å²) in [7, 11) is 0. The maximum absolute atomic E-state index is 13.4. The fraction of sp³-hybridized carbons (Fsp3) is 0.417. The van der Waals surface area contributed by atoms with Crippen LogP contribution >= 0.6 is 0 Å². The maximum Gasteiger partial charge on any atom is 0.244 e. The molecule has 0 radical (unpaired) electrons. The molecule has 0 saturated carbocycles. The van der Waals surface area contributed by atoms with Crippen LogP contribution in [0.15, 0.2) is 54.6 Å². The Morgan fingerprint density at radius 3 is 2.34 bits per heavy atom. The van der Waals surface area contributed by atoms with Gasteiger partial charge in [0.2, 0.25) is 11.8 Å². The van der Waals surface area contributed by atoms with Gasteiger partial charge >= 0.3 is 0 Å². The van der Waals surface area contributed by atoms with Gasteiger partial charge in [0.1, 0.15) is 11.9 Å². The van der Waals surface area contributed by atoms with Gasteiger partial charge in [-0.2, -0.15) is 0 Å². The lowest BCUT2D eigenvalue weighted by Crippen LogP contribution is -2.53. The summed E-state index contributed by atoms with van der Waals surface area (Å²) in [5.41, 5.74) is 1.44. The van der Waals surface area contributed by atoms with E-state index in [-0.39, 0.29) is 30.2 Å². The van der Waals surface area contributed by atoms with Crippen molar-refractivity contribution in [3.63, 3.8) is 0 Å². The van der Waals surface area contributed by atoms with Crippen molar-refractivity contribution in [1.82, 2.24) is 14.7 Å². The molecule has 0 unspecified atom stereocenters. The van der Waals surface area contributed by atoms with E-state index in [0.717, 1.165) is 5.56 Å². The summed E-state index contributed by atoms with van der Waals surface area (Å²) in [6.07, 6.45) is 0. The van der Waals surface area contributed by atoms with E-state index < -0.39 is 0 Å². The van der Waals surface area contributed by atoms with E-state index in [1.165, 1.54) is 12.1 Å². The number of ether oxygens (including phenoxy) is 1. The lowest BCUT2D eigenvalue weighted by atomic mass is 10.0. The molecule has 2 fully saturated rings. The van der Waals surface area contributed by atoms with Gasteiger partial charge in [0, 0.05) is 45.0 Å². The number of morpholine rings is 1. The van der Waals surface area contributed by atoms with Crippen molar-refractivity contribution in [2.75, 3.05) is 64.3 Å². The number of nitrogens with zero attached hydrogens (tertiary/aromatic N) is 3. The molecule has 0 aliphatic carbocycles. The number of benzene rings is 2. The van der Waals surface area contributed by atoms with Crippen molar-refractivity contribution in [3.05, 3.63) is 66.0 Å². The predicted octanol–water partition coefficient (Wildman–Crippen LogP) is 1.98. The standard InChI is InChI=1S/C24H29FN4O3/c25-20-7-4-8-21(17-20)26-22(30)18-27-9-11-28(12-10-27)23(19-5-2-1-3-6-19)24(31)29-13-15-32-16-14-29/h1-8,17,23H,9-16,18H2,(H,26,30)/t23-/m1/s1. The SMILES string of the molecule is O=C(CN1CCN([C@@H](C(=O)N2CCOCC2)c2ccccc2)CC1)Nc1cccc(F)c1. The second-order valence-electron chi connectivity index (χ2n) is 8.12. The third kappa shape index (κ3) is 5.70. The van der Waals surface area contributed by atoms with Crippen LogP contribution in [0.4, 0.5) is 10.1 Å². The molecule has 2 aliphatic heterocycles. The van der Waals surface area contributed by atoms with Gasteiger partial charge in [0.15, 0.2) is 0 Å². The normalized spacial score (nSPS) is 18.8. The molecule has 8 heteroatoms. The minimum atomic E-state index is -0.381. The second-order valence-corrected chi connectivity index (χ2v) is 8.12. The van der Waals surface area contributed by atoms with Crippen molar-refractivity contribution < 1.29 is 18.7 Å². The molecule has 2 aliphatic rings. The van der Waals surface area contributed by atoms with E-state index >= 15 is 0 Å². The largest absolute Gasteiger partial charge is 0.378 e. The predicted molar refractivity (Wildman–Crippen MR) is 120 cm³/mol. The van der Waals surface area contributed by atoms with Gasteiger partial charge in [0.25, 0.3) is 0 Å². The van der Waals surface area contributed by atoms with E-state index in [0.29, 0.717) is 58.2 Å². The number of anilines is 1. The highest BCUT2D eigenvalue weighted by Gasteiger charge is 2.34. The van der Waals surface area contributed by atoms with Crippen LogP contribution in [0, 0.1) is 5.82 Å². The summed E-state index contributed by atoms with van der Waals surface area (Å²) in [6, 6.07) is 15.4. The van der Waals surface area contributed by atoms with Crippen molar-refractivity contribution in [1.29, 1.82) is 0 Å². The number of hydrogen-bond acceptors (Lipinski definition) is 5. The molecule has 1 atom stereocenters. The third-order valence-electron chi connectivity index (χ3n) is 5.92. The van der Waals surface area contributed by atoms with Crippen molar-refractivity contribution in [3.8, 4) is 0 Å². The van der Waals surface area contributed by atoms with Crippen LogP contribution in [-0.4, -0.2) is 85.5 Å². The first kappa shape index (κ1) is 22.4. The van der Waals surface area contributed by atoms with Crippen LogP contribution in [0.3, 0.4) is 0 Å². The van der Waals surface area contributed by atoms with Gasteiger partial charge in [-0.1, -0.05) is 36.4 Å². The zero-order valence-electron chi connectivity index (χ0n) is 18.1. The van der Waals surface area contributed by atoms with Crippen LogP contribution in [0.2, 0.25) is 0 Å². The van der Waals surface area contributed by atoms with Crippen molar-refractivity contribution >= 4 is 17.5 Å². The highest BCUT2D eigenvalue weighted by molar-refractivity contribution is 5.92. The average Bonchev–Trinajstić information content (AvgIpc) is 2.81. The Labute approximate surface area is 187 Å². The summed E-state index contributed by atoms with van der Waals surface area (Å²) in [6.45, 7) is 5.32. The van der Waals surface area contributed by atoms with Gasteiger partial charge in [-0.15, -0.1) is 0 Å². The molecule has 2 heterocycles. The number of amides is 2. The van der Waals surface area contributed by atoms with E-state index in [1.54, 1.807) is 12.1 Å². The first-order valence-corrected chi connectivity index (χ1v) is 11.0. The average molecular weight is 441 g/mol. The van der Waals surface area contributed by atoms with E-state index in [9.17, 15) is 14.0 Å². The fourth-order valence-corrected chi connectivity index (χ4v) is 4.25.